The Hall–Kier alpha value is -2.60. The first-order chi connectivity index (χ1) is 11.3. The Labute approximate surface area is 134 Å². The van der Waals surface area contributed by atoms with Crippen molar-refractivity contribution in [1.29, 1.82) is 0 Å². The number of hydrogen-bond acceptors (Lipinski definition) is 4. The van der Waals surface area contributed by atoms with Gasteiger partial charge in [0.2, 0.25) is 5.88 Å². The van der Waals surface area contributed by atoms with E-state index in [1.54, 1.807) is 18.3 Å². The number of para-hydroxylation sites is 1. The summed E-state index contributed by atoms with van der Waals surface area (Å²) in [6, 6.07) is 12.5. The lowest BCUT2D eigenvalue weighted by Gasteiger charge is -2.12. The van der Waals surface area contributed by atoms with Crippen molar-refractivity contribution in [2.24, 2.45) is 0 Å². The molecule has 23 heavy (non-hydrogen) atoms. The quantitative estimate of drug-likeness (QED) is 0.889. The molecule has 1 fully saturated rings. The second kappa shape index (κ2) is 7.60. The Morgan fingerprint density at radius 3 is 2.96 bits per heavy atom. The van der Waals surface area contributed by atoms with Gasteiger partial charge >= 0.3 is 6.03 Å². The van der Waals surface area contributed by atoms with Gasteiger partial charge in [-0.1, -0.05) is 18.2 Å². The molecule has 120 valence electrons. The van der Waals surface area contributed by atoms with E-state index in [4.69, 9.17) is 9.47 Å². The number of carbonyl (C=O) groups excluding carboxylic acids is 1. The number of hydrogen-bond donors (Lipinski definition) is 2. The first-order valence-electron chi connectivity index (χ1n) is 7.65. The summed E-state index contributed by atoms with van der Waals surface area (Å²) in [6.07, 6.45) is 3.76. The van der Waals surface area contributed by atoms with Crippen LogP contribution in [0.5, 0.6) is 11.6 Å². The minimum atomic E-state index is -0.266. The van der Waals surface area contributed by atoms with Crippen LogP contribution in [0.4, 0.5) is 10.5 Å². The van der Waals surface area contributed by atoms with E-state index in [1.165, 1.54) is 0 Å². The lowest BCUT2D eigenvalue weighted by molar-refractivity contribution is 0.112. The molecule has 2 N–H and O–H groups in total. The van der Waals surface area contributed by atoms with Gasteiger partial charge in [-0.3, -0.25) is 0 Å². The van der Waals surface area contributed by atoms with E-state index >= 15 is 0 Å². The van der Waals surface area contributed by atoms with Crippen LogP contribution in [-0.4, -0.2) is 30.3 Å². The van der Waals surface area contributed by atoms with E-state index in [1.807, 2.05) is 30.3 Å². The number of carbonyl (C=O) groups is 1. The summed E-state index contributed by atoms with van der Waals surface area (Å²) in [5, 5.41) is 5.57. The monoisotopic (exact) mass is 313 g/mol. The zero-order valence-electron chi connectivity index (χ0n) is 12.7. The second-order valence-electron chi connectivity index (χ2n) is 5.27. The van der Waals surface area contributed by atoms with E-state index in [2.05, 4.69) is 15.6 Å². The number of benzene rings is 1. The fraction of sp³-hybridized carbons (Fsp3) is 0.294. The number of nitrogens with one attached hydrogen (secondary N) is 2. The van der Waals surface area contributed by atoms with Crippen LogP contribution in [0.15, 0.2) is 48.7 Å². The minimum absolute atomic E-state index is 0.121. The highest BCUT2D eigenvalue weighted by Crippen LogP contribution is 2.21. The molecule has 1 aliphatic heterocycles. The number of nitrogens with zero attached hydrogens (tertiary/aromatic N) is 1. The van der Waals surface area contributed by atoms with Crippen LogP contribution in [0.2, 0.25) is 0 Å². The van der Waals surface area contributed by atoms with Crippen LogP contribution < -0.4 is 15.4 Å². The normalized spacial score (nSPS) is 16.8. The molecule has 2 heterocycles. The number of amides is 2. The average molecular weight is 313 g/mol. The fourth-order valence-electron chi connectivity index (χ4n) is 2.34. The average Bonchev–Trinajstić information content (AvgIpc) is 3.08. The molecule has 0 radical (unpaired) electrons. The second-order valence-corrected chi connectivity index (χ2v) is 5.27. The SMILES string of the molecule is O=C(NCC1CCCO1)Nc1ccnc(Oc2ccccc2)c1. The van der Waals surface area contributed by atoms with Crippen molar-refractivity contribution in [1.82, 2.24) is 10.3 Å². The molecule has 2 amide bonds. The van der Waals surface area contributed by atoms with Crippen LogP contribution in [-0.2, 0) is 4.74 Å². The molecule has 3 rings (SSSR count). The number of pyridine rings is 1. The Morgan fingerprint density at radius 2 is 2.17 bits per heavy atom. The van der Waals surface area contributed by atoms with Crippen molar-refractivity contribution in [3.63, 3.8) is 0 Å². The van der Waals surface area contributed by atoms with Gasteiger partial charge < -0.3 is 20.1 Å². The zero-order valence-corrected chi connectivity index (χ0v) is 12.7. The Balaban J connectivity index is 1.53. The largest absolute Gasteiger partial charge is 0.439 e. The summed E-state index contributed by atoms with van der Waals surface area (Å²) in [5.74, 6) is 1.12. The standard InChI is InChI=1S/C17H19N3O3/c21-17(19-12-15-7-4-10-22-15)20-13-8-9-18-16(11-13)23-14-5-2-1-3-6-14/h1-3,5-6,8-9,11,15H,4,7,10,12H2,(H2,18,19,20,21). The lowest BCUT2D eigenvalue weighted by atomic mass is 10.2. The summed E-state index contributed by atoms with van der Waals surface area (Å²) < 4.78 is 11.1. The zero-order chi connectivity index (χ0) is 15.9. The summed E-state index contributed by atoms with van der Waals surface area (Å²) in [5.41, 5.74) is 0.621. The van der Waals surface area contributed by atoms with Crippen molar-refractivity contribution in [3.8, 4) is 11.6 Å². The van der Waals surface area contributed by atoms with Gasteiger partial charge in [-0.15, -0.1) is 0 Å². The highest BCUT2D eigenvalue weighted by molar-refractivity contribution is 5.89. The Bertz CT molecular complexity index is 643. The number of ether oxygens (including phenoxy) is 2. The summed E-state index contributed by atoms with van der Waals surface area (Å²) in [4.78, 5) is 16.0. The number of urea groups is 1. The molecule has 1 aromatic carbocycles. The molecule has 0 saturated carbocycles. The van der Waals surface area contributed by atoms with Gasteiger partial charge in [-0.25, -0.2) is 9.78 Å². The van der Waals surface area contributed by atoms with Gasteiger partial charge in [0.25, 0.3) is 0 Å². The van der Waals surface area contributed by atoms with Gasteiger partial charge in [0.1, 0.15) is 5.75 Å². The molecule has 1 atom stereocenters. The molecule has 1 saturated heterocycles. The van der Waals surface area contributed by atoms with Crippen LogP contribution in [0, 0.1) is 0 Å². The van der Waals surface area contributed by atoms with Crippen LogP contribution in [0.25, 0.3) is 0 Å². The molecule has 0 spiro atoms. The van der Waals surface area contributed by atoms with Crippen LogP contribution in [0.3, 0.4) is 0 Å². The predicted octanol–water partition coefficient (Wildman–Crippen LogP) is 3.17. The van der Waals surface area contributed by atoms with E-state index in [9.17, 15) is 4.79 Å². The molecule has 0 bridgehead atoms. The van der Waals surface area contributed by atoms with Crippen molar-refractivity contribution in [2.45, 2.75) is 18.9 Å². The predicted molar refractivity (Wildman–Crippen MR) is 86.7 cm³/mol. The fourth-order valence-corrected chi connectivity index (χ4v) is 2.34. The minimum Gasteiger partial charge on any atom is -0.439 e. The third-order valence-corrected chi connectivity index (χ3v) is 3.47. The summed E-state index contributed by atoms with van der Waals surface area (Å²) >= 11 is 0. The molecule has 0 aliphatic carbocycles. The van der Waals surface area contributed by atoms with Gasteiger partial charge in [0.15, 0.2) is 0 Å². The van der Waals surface area contributed by atoms with E-state index < -0.39 is 0 Å². The van der Waals surface area contributed by atoms with Gasteiger partial charge in [0, 0.05) is 31.1 Å². The Morgan fingerprint density at radius 1 is 1.30 bits per heavy atom. The molecular weight excluding hydrogens is 294 g/mol. The molecule has 6 heteroatoms. The highest BCUT2D eigenvalue weighted by atomic mass is 16.5. The third kappa shape index (κ3) is 4.69. The highest BCUT2D eigenvalue weighted by Gasteiger charge is 2.16. The molecular formula is C17H19N3O3. The molecule has 1 unspecified atom stereocenters. The first kappa shape index (κ1) is 15.3. The van der Waals surface area contributed by atoms with Crippen LogP contribution in [0.1, 0.15) is 12.8 Å². The van der Waals surface area contributed by atoms with Crippen molar-refractivity contribution in [3.05, 3.63) is 48.7 Å². The van der Waals surface area contributed by atoms with Gasteiger partial charge in [-0.05, 0) is 31.0 Å². The van der Waals surface area contributed by atoms with Gasteiger partial charge in [-0.2, -0.15) is 0 Å². The van der Waals surface area contributed by atoms with Crippen LogP contribution >= 0.6 is 0 Å². The molecule has 1 aromatic heterocycles. The van der Waals surface area contributed by atoms with E-state index in [0.29, 0.717) is 23.9 Å². The molecule has 1 aliphatic rings. The lowest BCUT2D eigenvalue weighted by Crippen LogP contribution is -2.35. The molecule has 6 nitrogen and oxygen atoms in total. The number of rotatable bonds is 5. The van der Waals surface area contributed by atoms with Crippen molar-refractivity contribution >= 4 is 11.7 Å². The maximum absolute atomic E-state index is 11.9. The number of aromatic nitrogens is 1. The maximum Gasteiger partial charge on any atom is 0.319 e. The smallest absolute Gasteiger partial charge is 0.319 e. The first-order valence-corrected chi connectivity index (χ1v) is 7.65. The summed E-state index contributed by atoms with van der Waals surface area (Å²) in [7, 11) is 0. The van der Waals surface area contributed by atoms with Gasteiger partial charge in [0.05, 0.1) is 6.10 Å². The van der Waals surface area contributed by atoms with E-state index in [0.717, 1.165) is 19.4 Å². The van der Waals surface area contributed by atoms with Crippen molar-refractivity contribution < 1.29 is 14.3 Å². The topological polar surface area (TPSA) is 72.5 Å². The molecule has 2 aromatic rings. The maximum atomic E-state index is 11.9. The van der Waals surface area contributed by atoms with E-state index in [-0.39, 0.29) is 12.1 Å². The summed E-state index contributed by atoms with van der Waals surface area (Å²) in [6.45, 7) is 1.29. The Kier molecular flexibility index (Phi) is 5.06. The van der Waals surface area contributed by atoms with Crippen molar-refractivity contribution in [2.75, 3.05) is 18.5 Å². The number of anilines is 1. The third-order valence-electron chi connectivity index (χ3n) is 3.47.